The van der Waals surface area contributed by atoms with E-state index in [4.69, 9.17) is 5.73 Å². The summed E-state index contributed by atoms with van der Waals surface area (Å²) in [5, 5.41) is 0. The second-order valence-electron chi connectivity index (χ2n) is 5.47. The minimum absolute atomic E-state index is 0.0464. The number of benzene rings is 2. The van der Waals surface area contributed by atoms with Gasteiger partial charge in [0.05, 0.1) is 0 Å². The number of carbonyl (C=O) groups excluding carboxylic acids is 1. The Morgan fingerprint density at radius 1 is 1.24 bits per heavy atom. The van der Waals surface area contributed by atoms with E-state index < -0.39 is 0 Å². The fourth-order valence-electron chi connectivity index (χ4n) is 2.84. The van der Waals surface area contributed by atoms with Crippen LogP contribution in [0, 0.1) is 6.92 Å². The van der Waals surface area contributed by atoms with E-state index in [-0.39, 0.29) is 5.91 Å². The van der Waals surface area contributed by atoms with Crippen molar-refractivity contribution in [3.05, 3.63) is 57.6 Å². The van der Waals surface area contributed by atoms with Crippen molar-refractivity contribution in [1.29, 1.82) is 0 Å². The van der Waals surface area contributed by atoms with Crippen molar-refractivity contribution >= 4 is 33.2 Å². The quantitative estimate of drug-likeness (QED) is 0.796. The molecule has 0 atom stereocenters. The third kappa shape index (κ3) is 2.81. The summed E-state index contributed by atoms with van der Waals surface area (Å²) in [6.07, 6.45) is 1.94. The lowest BCUT2D eigenvalue weighted by atomic mass is 10.00. The van der Waals surface area contributed by atoms with Gasteiger partial charge in [-0.2, -0.15) is 0 Å². The maximum Gasteiger partial charge on any atom is 0.258 e. The highest BCUT2D eigenvalue weighted by molar-refractivity contribution is 9.10. The third-order valence-electron chi connectivity index (χ3n) is 3.76. The Balaban J connectivity index is 2.00. The molecule has 3 nitrogen and oxygen atoms in total. The van der Waals surface area contributed by atoms with Gasteiger partial charge in [0.1, 0.15) is 0 Å². The standard InChI is InChI=1S/C17H17BrN2O/c1-11-7-13(9-14(18)8-11)17(21)20-6-2-3-12-10-15(19)4-5-16(12)20/h4-5,7-10H,2-3,6,19H2,1H3. The molecular formula is C17H17BrN2O. The highest BCUT2D eigenvalue weighted by Crippen LogP contribution is 2.30. The number of halogens is 1. The van der Waals surface area contributed by atoms with Gasteiger partial charge in [-0.05, 0) is 67.3 Å². The van der Waals surface area contributed by atoms with E-state index in [9.17, 15) is 4.79 Å². The molecule has 1 heterocycles. The van der Waals surface area contributed by atoms with Crippen LogP contribution in [0.1, 0.15) is 27.9 Å². The van der Waals surface area contributed by atoms with E-state index in [1.54, 1.807) is 0 Å². The number of rotatable bonds is 1. The van der Waals surface area contributed by atoms with Crippen molar-refractivity contribution < 1.29 is 4.79 Å². The van der Waals surface area contributed by atoms with Gasteiger partial charge < -0.3 is 10.6 Å². The first-order chi connectivity index (χ1) is 10.0. The Hall–Kier alpha value is -1.81. The maximum atomic E-state index is 12.8. The average Bonchev–Trinajstić information content (AvgIpc) is 2.44. The summed E-state index contributed by atoms with van der Waals surface area (Å²) >= 11 is 3.46. The molecule has 2 aromatic carbocycles. The normalized spacial score (nSPS) is 13.9. The first-order valence-electron chi connectivity index (χ1n) is 7.02. The first-order valence-corrected chi connectivity index (χ1v) is 7.81. The van der Waals surface area contributed by atoms with E-state index in [0.29, 0.717) is 5.56 Å². The van der Waals surface area contributed by atoms with Gasteiger partial charge in [0.25, 0.3) is 5.91 Å². The number of nitrogen functional groups attached to an aromatic ring is 1. The van der Waals surface area contributed by atoms with Gasteiger partial charge in [0.2, 0.25) is 0 Å². The van der Waals surface area contributed by atoms with Gasteiger partial charge in [0.15, 0.2) is 0 Å². The van der Waals surface area contributed by atoms with Crippen molar-refractivity contribution in [3.8, 4) is 0 Å². The fraction of sp³-hybridized carbons (Fsp3) is 0.235. The van der Waals surface area contributed by atoms with Gasteiger partial charge in [-0.1, -0.05) is 15.9 Å². The van der Waals surface area contributed by atoms with Crippen LogP contribution in [0.2, 0.25) is 0 Å². The molecule has 1 amide bonds. The number of hydrogen-bond donors (Lipinski definition) is 1. The molecule has 0 saturated carbocycles. The lowest BCUT2D eigenvalue weighted by Crippen LogP contribution is -2.35. The molecule has 0 bridgehead atoms. The summed E-state index contributed by atoms with van der Waals surface area (Å²) in [5.41, 5.74) is 10.5. The Labute approximate surface area is 132 Å². The predicted octanol–water partition coefficient (Wildman–Crippen LogP) is 3.93. The molecule has 1 aliphatic rings. The van der Waals surface area contributed by atoms with Crippen LogP contribution in [0.25, 0.3) is 0 Å². The van der Waals surface area contributed by atoms with Crippen molar-refractivity contribution in [2.45, 2.75) is 19.8 Å². The van der Waals surface area contributed by atoms with Crippen LogP contribution in [-0.4, -0.2) is 12.5 Å². The summed E-state index contributed by atoms with van der Waals surface area (Å²) in [6, 6.07) is 11.6. The zero-order chi connectivity index (χ0) is 15.0. The molecule has 21 heavy (non-hydrogen) atoms. The van der Waals surface area contributed by atoms with Crippen LogP contribution in [-0.2, 0) is 6.42 Å². The third-order valence-corrected chi connectivity index (χ3v) is 4.21. The van der Waals surface area contributed by atoms with Gasteiger partial charge in [-0.3, -0.25) is 4.79 Å². The Bertz CT molecular complexity index is 692. The van der Waals surface area contributed by atoms with Crippen molar-refractivity contribution in [2.75, 3.05) is 17.2 Å². The van der Waals surface area contributed by atoms with Crippen LogP contribution < -0.4 is 10.6 Å². The highest BCUT2D eigenvalue weighted by atomic mass is 79.9. The molecule has 0 fully saturated rings. The molecule has 0 aliphatic carbocycles. The van der Waals surface area contributed by atoms with Gasteiger partial charge in [0, 0.05) is 28.0 Å². The minimum atomic E-state index is 0.0464. The molecule has 0 spiro atoms. The van der Waals surface area contributed by atoms with Crippen LogP contribution >= 0.6 is 15.9 Å². The summed E-state index contributed by atoms with van der Waals surface area (Å²) in [7, 11) is 0. The second-order valence-corrected chi connectivity index (χ2v) is 6.38. The number of anilines is 2. The Kier molecular flexibility index (Phi) is 3.72. The molecular weight excluding hydrogens is 328 g/mol. The van der Waals surface area contributed by atoms with Crippen molar-refractivity contribution in [2.24, 2.45) is 0 Å². The summed E-state index contributed by atoms with van der Waals surface area (Å²) in [4.78, 5) is 14.7. The van der Waals surface area contributed by atoms with E-state index in [1.807, 2.05) is 48.2 Å². The first kappa shape index (κ1) is 14.1. The number of fused-ring (bicyclic) bond motifs is 1. The molecule has 0 saturated heterocycles. The molecule has 0 unspecified atom stereocenters. The lowest BCUT2D eigenvalue weighted by Gasteiger charge is -2.30. The molecule has 4 heteroatoms. The van der Waals surface area contributed by atoms with Crippen LogP contribution in [0.3, 0.4) is 0 Å². The van der Waals surface area contributed by atoms with Crippen molar-refractivity contribution in [1.82, 2.24) is 0 Å². The predicted molar refractivity (Wildman–Crippen MR) is 89.7 cm³/mol. The maximum absolute atomic E-state index is 12.8. The molecule has 1 aliphatic heterocycles. The number of nitrogens with zero attached hydrogens (tertiary/aromatic N) is 1. The molecule has 0 aromatic heterocycles. The smallest absolute Gasteiger partial charge is 0.258 e. The second kappa shape index (κ2) is 5.53. The van der Waals surface area contributed by atoms with Crippen LogP contribution in [0.4, 0.5) is 11.4 Å². The molecule has 0 radical (unpaired) electrons. The zero-order valence-electron chi connectivity index (χ0n) is 11.9. The van der Waals surface area contributed by atoms with Gasteiger partial charge in [-0.25, -0.2) is 0 Å². The lowest BCUT2D eigenvalue weighted by molar-refractivity contribution is 0.0985. The largest absolute Gasteiger partial charge is 0.399 e. The van der Waals surface area contributed by atoms with Gasteiger partial charge in [-0.15, -0.1) is 0 Å². The Morgan fingerprint density at radius 2 is 2.05 bits per heavy atom. The number of hydrogen-bond acceptors (Lipinski definition) is 2. The minimum Gasteiger partial charge on any atom is -0.399 e. The number of aryl methyl sites for hydroxylation is 2. The summed E-state index contributed by atoms with van der Waals surface area (Å²) in [6.45, 7) is 2.74. The summed E-state index contributed by atoms with van der Waals surface area (Å²) in [5.74, 6) is 0.0464. The topological polar surface area (TPSA) is 46.3 Å². The van der Waals surface area contributed by atoms with Crippen LogP contribution in [0.5, 0.6) is 0 Å². The molecule has 2 N–H and O–H groups in total. The monoisotopic (exact) mass is 344 g/mol. The van der Waals surface area contributed by atoms with E-state index >= 15 is 0 Å². The summed E-state index contributed by atoms with van der Waals surface area (Å²) < 4.78 is 0.931. The zero-order valence-corrected chi connectivity index (χ0v) is 13.5. The fourth-order valence-corrected chi connectivity index (χ4v) is 3.45. The highest BCUT2D eigenvalue weighted by Gasteiger charge is 2.23. The number of nitrogens with two attached hydrogens (primary N) is 1. The van der Waals surface area contributed by atoms with E-state index in [0.717, 1.165) is 46.4 Å². The van der Waals surface area contributed by atoms with Gasteiger partial charge >= 0.3 is 0 Å². The van der Waals surface area contributed by atoms with E-state index in [1.165, 1.54) is 0 Å². The Morgan fingerprint density at radius 3 is 2.81 bits per heavy atom. The van der Waals surface area contributed by atoms with Crippen molar-refractivity contribution in [3.63, 3.8) is 0 Å². The number of carbonyl (C=O) groups is 1. The van der Waals surface area contributed by atoms with Crippen LogP contribution in [0.15, 0.2) is 40.9 Å². The SMILES string of the molecule is Cc1cc(Br)cc(C(=O)N2CCCc3cc(N)ccc32)c1. The number of amides is 1. The molecule has 3 rings (SSSR count). The average molecular weight is 345 g/mol. The van der Waals surface area contributed by atoms with E-state index in [2.05, 4.69) is 15.9 Å². The molecule has 2 aromatic rings. The molecule has 108 valence electrons.